The van der Waals surface area contributed by atoms with Gasteiger partial charge < -0.3 is 18.5 Å². The number of ether oxygens (including phenoxy) is 2. The van der Waals surface area contributed by atoms with E-state index in [4.69, 9.17) is 30.1 Å². The van der Waals surface area contributed by atoms with Gasteiger partial charge in [0, 0.05) is 23.2 Å². The van der Waals surface area contributed by atoms with Gasteiger partial charge in [0.15, 0.2) is 0 Å². The molecule has 1 saturated heterocycles. The van der Waals surface area contributed by atoms with Crippen molar-refractivity contribution in [3.8, 4) is 5.75 Å². The van der Waals surface area contributed by atoms with Gasteiger partial charge in [-0.3, -0.25) is 19.1 Å². The van der Waals surface area contributed by atoms with Gasteiger partial charge in [0.05, 0.1) is 18.8 Å². The fourth-order valence-corrected chi connectivity index (χ4v) is 4.71. The first-order chi connectivity index (χ1) is 16.1. The summed E-state index contributed by atoms with van der Waals surface area (Å²) in [5.41, 5.74) is -0.994. The second kappa shape index (κ2) is 12.0. The molecule has 0 radical (unpaired) electrons. The van der Waals surface area contributed by atoms with Crippen LogP contribution in [-0.4, -0.2) is 40.4 Å². The van der Waals surface area contributed by atoms with E-state index in [1.807, 2.05) is 6.92 Å². The molecule has 0 aliphatic carbocycles. The Morgan fingerprint density at radius 3 is 2.62 bits per heavy atom. The third kappa shape index (κ3) is 7.38. The molecule has 12 heteroatoms. The normalized spacial score (nSPS) is 21.9. The predicted octanol–water partition coefficient (Wildman–Crippen LogP) is 3.37. The molecule has 3 rings (SSSR count). The Bertz CT molecular complexity index is 1080. The summed E-state index contributed by atoms with van der Waals surface area (Å²) in [5.74, 6) is 0.105. The molecule has 34 heavy (non-hydrogen) atoms. The quantitative estimate of drug-likeness (QED) is 0.366. The van der Waals surface area contributed by atoms with Gasteiger partial charge in [-0.1, -0.05) is 18.5 Å². The minimum Gasteiger partial charge on any atom is -0.462 e. The fourth-order valence-electron chi connectivity index (χ4n) is 3.37. The lowest BCUT2D eigenvalue weighted by molar-refractivity contribution is -0.149. The van der Waals surface area contributed by atoms with Crippen molar-refractivity contribution in [2.75, 3.05) is 6.61 Å². The maximum Gasteiger partial charge on any atom is 0.330 e. The first-order valence-electron chi connectivity index (χ1n) is 10.9. The van der Waals surface area contributed by atoms with E-state index < -0.39 is 38.0 Å². The average Bonchev–Trinajstić information content (AvgIpc) is 3.13. The maximum atomic E-state index is 12.3. The van der Waals surface area contributed by atoms with Gasteiger partial charge in [0.1, 0.15) is 18.0 Å². The number of carbonyl (C=O) groups excluding carboxylic acids is 1. The highest BCUT2D eigenvalue weighted by atomic mass is 35.5. The zero-order valence-electron chi connectivity index (χ0n) is 19.4. The highest BCUT2D eigenvalue weighted by Crippen LogP contribution is 2.39. The molecule has 1 aliphatic rings. The van der Waals surface area contributed by atoms with Crippen molar-refractivity contribution in [3.63, 3.8) is 0 Å². The average molecular weight is 514 g/mol. The number of carbonyl (C=O) groups is 1. The number of hydrogen-bond donors (Lipinski definition) is 2. The summed E-state index contributed by atoms with van der Waals surface area (Å²) in [4.78, 5) is 38.0. The summed E-state index contributed by atoms with van der Waals surface area (Å²) in [6.07, 6.45) is 0.950. The number of H-pyrrole nitrogens is 1. The minimum atomic E-state index is -1.74. The molecule has 186 valence electrons. The molecule has 5 unspecified atom stereocenters. The van der Waals surface area contributed by atoms with E-state index in [1.165, 1.54) is 16.8 Å². The summed E-state index contributed by atoms with van der Waals surface area (Å²) in [6, 6.07) is 7.39. The SMILES string of the molecule is CC(C)OC(=O)C(C)NP(OCC1CC(C)C(n2ccc(=O)[nH]c2=O)O1)Oc1ccc(Cl)cc1. The van der Waals surface area contributed by atoms with Gasteiger partial charge >= 0.3 is 20.2 Å². The number of benzene rings is 1. The van der Waals surface area contributed by atoms with E-state index in [0.717, 1.165) is 0 Å². The van der Waals surface area contributed by atoms with E-state index in [1.54, 1.807) is 45.0 Å². The minimum absolute atomic E-state index is 0.00788. The Hall–Kier alpha value is -2.23. The van der Waals surface area contributed by atoms with Crippen molar-refractivity contribution in [1.82, 2.24) is 14.6 Å². The molecule has 0 amide bonds. The Labute approximate surface area is 203 Å². The van der Waals surface area contributed by atoms with Gasteiger partial charge in [-0.05, 0) is 51.5 Å². The Morgan fingerprint density at radius 2 is 1.97 bits per heavy atom. The molecule has 1 fully saturated rings. The number of esters is 1. The van der Waals surface area contributed by atoms with Crippen LogP contribution < -0.4 is 20.9 Å². The number of nitrogens with zero attached hydrogens (tertiary/aromatic N) is 1. The molecular weight excluding hydrogens is 485 g/mol. The lowest BCUT2D eigenvalue weighted by Gasteiger charge is -2.23. The van der Waals surface area contributed by atoms with Crippen LogP contribution in [0.3, 0.4) is 0 Å². The smallest absolute Gasteiger partial charge is 0.330 e. The molecule has 10 nitrogen and oxygen atoms in total. The van der Waals surface area contributed by atoms with Crippen LogP contribution in [0.1, 0.15) is 40.3 Å². The van der Waals surface area contributed by atoms with Crippen molar-refractivity contribution in [3.05, 3.63) is 62.4 Å². The van der Waals surface area contributed by atoms with Crippen LogP contribution in [0.5, 0.6) is 5.75 Å². The maximum absolute atomic E-state index is 12.3. The van der Waals surface area contributed by atoms with Gasteiger partial charge in [0.25, 0.3) is 5.56 Å². The summed E-state index contributed by atoms with van der Waals surface area (Å²) in [5, 5.41) is 3.61. The molecule has 2 heterocycles. The molecule has 0 saturated carbocycles. The Kier molecular flexibility index (Phi) is 9.27. The molecule has 5 atom stereocenters. The first kappa shape index (κ1) is 26.4. The first-order valence-corrected chi connectivity index (χ1v) is 12.5. The lowest BCUT2D eigenvalue weighted by atomic mass is 10.1. The number of rotatable bonds is 10. The van der Waals surface area contributed by atoms with Crippen molar-refractivity contribution >= 4 is 26.1 Å². The molecule has 2 N–H and O–H groups in total. The fraction of sp³-hybridized carbons (Fsp3) is 0.500. The van der Waals surface area contributed by atoms with Crippen LogP contribution in [0.2, 0.25) is 5.02 Å². The van der Waals surface area contributed by atoms with Crippen molar-refractivity contribution in [2.24, 2.45) is 5.92 Å². The molecule has 1 aliphatic heterocycles. The number of halogens is 1. The summed E-state index contributed by atoms with van der Waals surface area (Å²) in [7, 11) is -1.74. The largest absolute Gasteiger partial charge is 0.462 e. The van der Waals surface area contributed by atoms with Crippen LogP contribution >= 0.6 is 20.1 Å². The van der Waals surface area contributed by atoms with Crippen molar-refractivity contribution < 1.29 is 23.3 Å². The molecule has 1 aromatic carbocycles. The number of aromatic nitrogens is 2. The third-order valence-corrected chi connectivity index (χ3v) is 6.57. The van der Waals surface area contributed by atoms with Crippen molar-refractivity contribution in [2.45, 2.75) is 58.6 Å². The van der Waals surface area contributed by atoms with Gasteiger partial charge in [0.2, 0.25) is 0 Å². The van der Waals surface area contributed by atoms with Crippen LogP contribution in [-0.2, 0) is 18.8 Å². The van der Waals surface area contributed by atoms with Crippen LogP contribution in [0.25, 0.3) is 0 Å². The highest BCUT2D eigenvalue weighted by Gasteiger charge is 2.35. The number of hydrogen-bond acceptors (Lipinski definition) is 8. The Morgan fingerprint density at radius 1 is 1.26 bits per heavy atom. The second-order valence-electron chi connectivity index (χ2n) is 8.31. The second-order valence-corrected chi connectivity index (χ2v) is 9.96. The predicted molar refractivity (Wildman–Crippen MR) is 128 cm³/mol. The number of aromatic amines is 1. The van der Waals surface area contributed by atoms with Gasteiger partial charge in [-0.25, -0.2) is 9.88 Å². The standard InChI is InChI=1S/C22H29ClN3O7P/c1-13(2)31-21(28)15(4)25-34(33-17-7-5-16(23)6-8-17)30-12-18-11-14(3)20(32-18)26-10-9-19(27)24-22(26)29/h5-10,13-15,18,20,25H,11-12H2,1-4H3,(H,24,27,29). The molecule has 2 aromatic rings. The van der Waals surface area contributed by atoms with Crippen LogP contribution in [0.15, 0.2) is 46.1 Å². The molecule has 0 spiro atoms. The molecular formula is C22H29ClN3O7P. The van der Waals surface area contributed by atoms with E-state index in [2.05, 4.69) is 10.1 Å². The summed E-state index contributed by atoms with van der Waals surface area (Å²) >= 11 is 5.95. The zero-order chi connectivity index (χ0) is 24.8. The third-order valence-electron chi connectivity index (χ3n) is 4.96. The molecule has 1 aromatic heterocycles. The summed E-state index contributed by atoms with van der Waals surface area (Å²) < 4.78 is 24.6. The molecule has 0 bridgehead atoms. The number of nitrogens with one attached hydrogen (secondary N) is 2. The topological polar surface area (TPSA) is 121 Å². The lowest BCUT2D eigenvalue weighted by Crippen LogP contribution is -2.35. The van der Waals surface area contributed by atoms with E-state index in [9.17, 15) is 14.4 Å². The van der Waals surface area contributed by atoms with Gasteiger partial charge in [-0.2, -0.15) is 0 Å². The monoisotopic (exact) mass is 513 g/mol. The van der Waals surface area contributed by atoms with Crippen LogP contribution in [0.4, 0.5) is 0 Å². The van der Waals surface area contributed by atoms with Gasteiger partial charge in [-0.15, -0.1) is 0 Å². The summed E-state index contributed by atoms with van der Waals surface area (Å²) in [6.45, 7) is 7.34. The van der Waals surface area contributed by atoms with E-state index in [0.29, 0.717) is 17.2 Å². The Balaban J connectivity index is 1.65. The van der Waals surface area contributed by atoms with Crippen LogP contribution in [0, 0.1) is 5.92 Å². The van der Waals surface area contributed by atoms with E-state index in [-0.39, 0.29) is 24.7 Å². The van der Waals surface area contributed by atoms with E-state index >= 15 is 0 Å². The zero-order valence-corrected chi connectivity index (χ0v) is 21.0. The highest BCUT2D eigenvalue weighted by molar-refractivity contribution is 7.45. The van der Waals surface area contributed by atoms with Crippen molar-refractivity contribution in [1.29, 1.82) is 0 Å².